The molecular weight excluding hydrogens is 452 g/mol. The predicted octanol–water partition coefficient (Wildman–Crippen LogP) is 4.05. The normalized spacial score (nSPS) is 38.7. The van der Waals surface area contributed by atoms with Crippen LogP contribution in [0.3, 0.4) is 0 Å². The minimum atomic E-state index is -1.57. The third kappa shape index (κ3) is 3.82. The van der Waals surface area contributed by atoms with Crippen LogP contribution in [0.1, 0.15) is 65.0 Å². The van der Waals surface area contributed by atoms with Crippen molar-refractivity contribution in [2.24, 2.45) is 22.7 Å². The van der Waals surface area contributed by atoms with Gasteiger partial charge in [-0.05, 0) is 49.7 Å². The maximum absolute atomic E-state index is 12.7. The van der Waals surface area contributed by atoms with Crippen molar-refractivity contribution in [1.82, 2.24) is 0 Å². The van der Waals surface area contributed by atoms with Crippen molar-refractivity contribution >= 4 is 17.9 Å². The van der Waals surface area contributed by atoms with E-state index in [0.29, 0.717) is 24.0 Å². The second kappa shape index (κ2) is 8.36. The van der Waals surface area contributed by atoms with Gasteiger partial charge in [0, 0.05) is 23.0 Å². The van der Waals surface area contributed by atoms with Crippen molar-refractivity contribution < 1.29 is 38.1 Å². The van der Waals surface area contributed by atoms with Crippen LogP contribution >= 0.6 is 0 Å². The fraction of sp³-hybridized carbons (Fsp3) is 0.593. The number of methoxy groups -OCH3 is 1. The zero-order chi connectivity index (χ0) is 25.8. The van der Waals surface area contributed by atoms with E-state index < -0.39 is 52.0 Å². The lowest BCUT2D eigenvalue weighted by molar-refractivity contribution is -0.216. The molecule has 1 saturated heterocycles. The van der Waals surface area contributed by atoms with Gasteiger partial charge in [0.25, 0.3) is 0 Å². The molecular formula is C27H34O8. The highest BCUT2D eigenvalue weighted by Gasteiger charge is 2.65. The molecule has 2 aliphatic heterocycles. The Bertz CT molecular complexity index is 1070. The van der Waals surface area contributed by atoms with Gasteiger partial charge in [0.05, 0.1) is 32.5 Å². The zero-order valence-corrected chi connectivity index (χ0v) is 21.0. The molecule has 2 fully saturated rings. The number of carbonyl (C=O) groups excluding carboxylic acids is 3. The molecule has 3 aliphatic rings. The Morgan fingerprint density at radius 1 is 1.26 bits per heavy atom. The first-order valence-corrected chi connectivity index (χ1v) is 11.9. The summed E-state index contributed by atoms with van der Waals surface area (Å²) < 4.78 is 21.6. The molecule has 0 aromatic carbocycles. The molecule has 190 valence electrons. The molecule has 4 rings (SSSR count). The number of allylic oxidation sites excluding steroid dienone is 1. The van der Waals surface area contributed by atoms with Gasteiger partial charge in [-0.25, -0.2) is 4.79 Å². The van der Waals surface area contributed by atoms with Crippen molar-refractivity contribution in [2.75, 3.05) is 7.11 Å². The van der Waals surface area contributed by atoms with Crippen LogP contribution < -0.4 is 0 Å². The topological polar surface area (TPSA) is 112 Å². The second-order valence-corrected chi connectivity index (χ2v) is 11.1. The molecule has 1 saturated carbocycles. The number of furan rings is 1. The Hall–Kier alpha value is -2.87. The van der Waals surface area contributed by atoms with Gasteiger partial charge in [0.1, 0.15) is 17.3 Å². The fourth-order valence-corrected chi connectivity index (χ4v) is 6.75. The summed E-state index contributed by atoms with van der Waals surface area (Å²) in [6.07, 6.45) is 6.37. The number of cyclic esters (lactones) is 2. The summed E-state index contributed by atoms with van der Waals surface area (Å²) in [6, 6.07) is 1.73. The molecule has 8 heteroatoms. The van der Waals surface area contributed by atoms with Crippen molar-refractivity contribution in [2.45, 2.75) is 70.7 Å². The highest BCUT2D eigenvalue weighted by Crippen LogP contribution is 2.64. The van der Waals surface area contributed by atoms with Crippen LogP contribution in [0.2, 0.25) is 0 Å². The van der Waals surface area contributed by atoms with Gasteiger partial charge < -0.3 is 23.7 Å². The number of hydrogen-bond donors (Lipinski definition) is 1. The first-order valence-electron chi connectivity index (χ1n) is 11.9. The maximum Gasteiger partial charge on any atom is 0.330 e. The molecule has 1 N–H and O–H groups in total. The van der Waals surface area contributed by atoms with Gasteiger partial charge in [-0.15, -0.1) is 0 Å². The summed E-state index contributed by atoms with van der Waals surface area (Å²) >= 11 is 0. The standard InChI is InChI=1S/C27H34O8/c1-16-18(25(4)10-8-20(28)35-24(2,3)19(25)13-21(29)32-6)7-11-26(5)23(17-9-12-33-15-17)34-22(30)14-27(16,26)31/h8-10,12,15,18-19,23,31H,1,7,11,13-14H2,2-6H3/t18-,19-,23-,25+,26+,27-/m0/s1. The molecule has 35 heavy (non-hydrogen) atoms. The maximum atomic E-state index is 12.7. The molecule has 0 unspecified atom stereocenters. The lowest BCUT2D eigenvalue weighted by Gasteiger charge is -2.60. The third-order valence-electron chi connectivity index (χ3n) is 8.80. The van der Waals surface area contributed by atoms with Crippen LogP contribution in [0.25, 0.3) is 0 Å². The van der Waals surface area contributed by atoms with E-state index in [1.54, 1.807) is 26.0 Å². The molecule has 0 amide bonds. The average Bonchev–Trinajstić information content (AvgIpc) is 3.29. The molecule has 1 aliphatic carbocycles. The summed E-state index contributed by atoms with van der Waals surface area (Å²) in [5.74, 6) is -2.27. The van der Waals surface area contributed by atoms with Crippen molar-refractivity contribution in [1.29, 1.82) is 0 Å². The molecule has 3 heterocycles. The Morgan fingerprint density at radius 3 is 2.60 bits per heavy atom. The number of aliphatic hydroxyl groups is 1. The Kier molecular flexibility index (Phi) is 6.03. The van der Waals surface area contributed by atoms with E-state index in [2.05, 4.69) is 6.58 Å². The second-order valence-electron chi connectivity index (χ2n) is 11.1. The van der Waals surface area contributed by atoms with Crippen LogP contribution in [-0.2, 0) is 28.6 Å². The summed E-state index contributed by atoms with van der Waals surface area (Å²) in [5, 5.41) is 12.2. The quantitative estimate of drug-likeness (QED) is 0.385. The van der Waals surface area contributed by atoms with Crippen LogP contribution in [0.15, 0.2) is 47.3 Å². The van der Waals surface area contributed by atoms with E-state index >= 15 is 0 Å². The zero-order valence-electron chi connectivity index (χ0n) is 21.0. The van der Waals surface area contributed by atoms with Gasteiger partial charge >= 0.3 is 17.9 Å². The van der Waals surface area contributed by atoms with Crippen molar-refractivity contribution in [3.63, 3.8) is 0 Å². The van der Waals surface area contributed by atoms with Gasteiger partial charge in [-0.2, -0.15) is 0 Å². The molecule has 0 radical (unpaired) electrons. The first-order chi connectivity index (χ1) is 16.3. The van der Waals surface area contributed by atoms with Crippen LogP contribution in [-0.4, -0.2) is 41.3 Å². The largest absolute Gasteiger partial charge is 0.472 e. The Morgan fingerprint density at radius 2 is 1.97 bits per heavy atom. The van der Waals surface area contributed by atoms with Gasteiger partial charge in [0.2, 0.25) is 0 Å². The summed E-state index contributed by atoms with van der Waals surface area (Å²) in [7, 11) is 1.32. The number of carbonyl (C=O) groups is 3. The smallest absolute Gasteiger partial charge is 0.330 e. The Labute approximate surface area is 205 Å². The van der Waals surface area contributed by atoms with Crippen LogP contribution in [0.4, 0.5) is 0 Å². The first kappa shape index (κ1) is 25.2. The highest BCUT2D eigenvalue weighted by atomic mass is 16.6. The lowest BCUT2D eigenvalue weighted by Crippen LogP contribution is -2.62. The number of fused-ring (bicyclic) bond motifs is 1. The Balaban J connectivity index is 1.80. The number of rotatable bonds is 4. The predicted molar refractivity (Wildman–Crippen MR) is 125 cm³/mol. The number of esters is 3. The highest BCUT2D eigenvalue weighted by molar-refractivity contribution is 5.83. The number of hydrogen-bond acceptors (Lipinski definition) is 8. The van der Waals surface area contributed by atoms with E-state index in [4.69, 9.17) is 18.6 Å². The van der Waals surface area contributed by atoms with E-state index in [1.807, 2.05) is 13.8 Å². The van der Waals surface area contributed by atoms with Crippen molar-refractivity contribution in [3.8, 4) is 0 Å². The van der Waals surface area contributed by atoms with Gasteiger partial charge in [-0.3, -0.25) is 9.59 Å². The van der Waals surface area contributed by atoms with E-state index in [0.717, 1.165) is 0 Å². The van der Waals surface area contributed by atoms with Gasteiger partial charge in [-0.1, -0.05) is 26.5 Å². The fourth-order valence-electron chi connectivity index (χ4n) is 6.75. The van der Waals surface area contributed by atoms with E-state index in [9.17, 15) is 19.5 Å². The number of ether oxygens (including phenoxy) is 3. The summed E-state index contributed by atoms with van der Waals surface area (Å²) in [5.41, 5.74) is -3.05. The van der Waals surface area contributed by atoms with Crippen molar-refractivity contribution in [3.05, 3.63) is 48.5 Å². The monoisotopic (exact) mass is 486 g/mol. The minimum absolute atomic E-state index is 0.0107. The van der Waals surface area contributed by atoms with Crippen LogP contribution in [0, 0.1) is 22.7 Å². The van der Waals surface area contributed by atoms with Gasteiger partial charge in [0.15, 0.2) is 0 Å². The summed E-state index contributed by atoms with van der Waals surface area (Å²) in [4.78, 5) is 37.6. The average molecular weight is 487 g/mol. The molecule has 8 nitrogen and oxygen atoms in total. The van der Waals surface area contributed by atoms with E-state index in [-0.39, 0.29) is 18.8 Å². The third-order valence-corrected chi connectivity index (χ3v) is 8.80. The SMILES string of the molecule is C=C1[C@@H]([C@@]2(C)C=CC(=O)OC(C)(C)[C@@H]2CC(=O)OC)CC[C@]2(C)[C@H](c3ccoc3)OC(=O)C[C@]12O. The molecule has 1 aromatic rings. The van der Waals surface area contributed by atoms with E-state index in [1.165, 1.54) is 25.7 Å². The molecule has 1 aromatic heterocycles. The van der Waals surface area contributed by atoms with Crippen LogP contribution in [0.5, 0.6) is 0 Å². The minimum Gasteiger partial charge on any atom is -0.472 e. The molecule has 6 atom stereocenters. The summed E-state index contributed by atoms with van der Waals surface area (Å²) in [6.45, 7) is 11.8. The molecule has 0 spiro atoms. The molecule has 0 bridgehead atoms. The lowest BCUT2D eigenvalue weighted by atomic mass is 9.48.